The van der Waals surface area contributed by atoms with Crippen molar-refractivity contribution in [3.63, 3.8) is 0 Å². The summed E-state index contributed by atoms with van der Waals surface area (Å²) in [6.07, 6.45) is 1.87. The Morgan fingerprint density at radius 3 is 2.03 bits per heavy atom. The predicted molar refractivity (Wildman–Crippen MR) is 147 cm³/mol. The van der Waals surface area contributed by atoms with Gasteiger partial charge in [0.05, 0.1) is 16.7 Å². The summed E-state index contributed by atoms with van der Waals surface area (Å²) in [5.41, 5.74) is 6.64. The van der Waals surface area contributed by atoms with Crippen molar-refractivity contribution in [3.05, 3.63) is 139 Å². The zero-order valence-electron chi connectivity index (χ0n) is 19.1. The third kappa shape index (κ3) is 3.24. The molecule has 0 bridgehead atoms. The molecule has 0 spiro atoms. The first-order valence-corrected chi connectivity index (χ1v) is 11.9. The van der Waals surface area contributed by atoms with Gasteiger partial charge in [-0.15, -0.1) is 0 Å². The molecule has 166 valence electrons. The highest BCUT2D eigenvalue weighted by atomic mass is 15.3. The molecule has 1 aliphatic rings. The van der Waals surface area contributed by atoms with Crippen LogP contribution in [0.4, 0.5) is 0 Å². The Kier molecular flexibility index (Phi) is 4.52. The normalized spacial score (nSPS) is 15.7. The van der Waals surface area contributed by atoms with Crippen LogP contribution in [0, 0.1) is 0 Å². The number of nitrogens with zero attached hydrogens (tertiary/aromatic N) is 2. The largest absolute Gasteiger partial charge is 0.346 e. The molecule has 0 aliphatic carbocycles. The first kappa shape index (κ1) is 19.8. The van der Waals surface area contributed by atoms with Gasteiger partial charge in [0.2, 0.25) is 6.29 Å². The molecule has 0 fully saturated rings. The third-order valence-electron chi connectivity index (χ3n) is 6.83. The number of rotatable bonds is 3. The molecule has 0 saturated heterocycles. The van der Waals surface area contributed by atoms with E-state index in [1.54, 1.807) is 0 Å². The maximum Gasteiger partial charge on any atom is 0.201 e. The van der Waals surface area contributed by atoms with Gasteiger partial charge in [-0.1, -0.05) is 109 Å². The van der Waals surface area contributed by atoms with Crippen LogP contribution in [0.15, 0.2) is 132 Å². The predicted octanol–water partition coefficient (Wildman–Crippen LogP) is 7.54. The van der Waals surface area contributed by atoms with E-state index in [0.29, 0.717) is 0 Å². The van der Waals surface area contributed by atoms with E-state index < -0.39 is 0 Å². The zero-order chi connectivity index (χ0) is 23.2. The minimum atomic E-state index is -0.283. The van der Waals surface area contributed by atoms with Gasteiger partial charge >= 0.3 is 0 Å². The second-order valence-corrected chi connectivity index (χ2v) is 8.89. The quantitative estimate of drug-likeness (QED) is 0.297. The number of benzene rings is 5. The number of fused-ring (bicyclic) bond motifs is 5. The number of nitrogens with one attached hydrogen (secondary N) is 1. The lowest BCUT2D eigenvalue weighted by Gasteiger charge is -2.27. The van der Waals surface area contributed by atoms with E-state index in [1.165, 1.54) is 32.6 Å². The summed E-state index contributed by atoms with van der Waals surface area (Å²) >= 11 is 0. The van der Waals surface area contributed by atoms with Crippen molar-refractivity contribution < 1.29 is 0 Å². The van der Waals surface area contributed by atoms with Crippen LogP contribution >= 0.6 is 0 Å². The van der Waals surface area contributed by atoms with Crippen molar-refractivity contribution >= 4 is 44.0 Å². The molecule has 2 heterocycles. The molecule has 1 aliphatic heterocycles. The number of hydrogen-bond acceptors (Lipinski definition) is 2. The molecular weight excluding hydrogens is 426 g/mol. The molecule has 3 heteroatoms. The van der Waals surface area contributed by atoms with E-state index >= 15 is 0 Å². The van der Waals surface area contributed by atoms with E-state index in [1.807, 2.05) is 6.07 Å². The van der Waals surface area contributed by atoms with E-state index in [2.05, 4.69) is 131 Å². The Balaban J connectivity index is 1.50. The number of aliphatic imine (C=N–C) groups is 1. The van der Waals surface area contributed by atoms with Crippen LogP contribution in [-0.2, 0) is 0 Å². The number of aromatic nitrogens is 1. The lowest BCUT2D eigenvalue weighted by Crippen LogP contribution is -2.29. The molecule has 5 aromatic carbocycles. The summed E-state index contributed by atoms with van der Waals surface area (Å²) in [5, 5.41) is 8.77. The van der Waals surface area contributed by atoms with Crippen LogP contribution in [0.3, 0.4) is 0 Å². The van der Waals surface area contributed by atoms with Crippen molar-refractivity contribution in [1.29, 1.82) is 0 Å². The smallest absolute Gasteiger partial charge is 0.201 e. The van der Waals surface area contributed by atoms with Crippen molar-refractivity contribution in [1.82, 2.24) is 9.88 Å². The average molecular weight is 450 g/mol. The maximum atomic E-state index is 5.24. The second kappa shape index (κ2) is 8.00. The molecule has 7 rings (SSSR count). The van der Waals surface area contributed by atoms with Crippen LogP contribution in [-0.4, -0.2) is 10.3 Å². The summed E-state index contributed by atoms with van der Waals surface area (Å²) in [5.74, 6) is 0. The average Bonchev–Trinajstić information content (AvgIpc) is 3.29. The standard InChI is InChI=1S/C32H23N3/c1-3-12-23(13-4-1)27-21-28(24-14-5-2-6-15-24)34-32(33-27)35-29-18-10-9-17-26(29)31-25-16-8-7-11-22(25)19-20-30(31)35/h1-21,32-33H. The second-order valence-electron chi connectivity index (χ2n) is 8.89. The molecule has 0 radical (unpaired) electrons. The minimum absolute atomic E-state index is 0.283. The topological polar surface area (TPSA) is 29.3 Å². The Labute approximate surface area is 203 Å². The fraction of sp³-hybridized carbons (Fsp3) is 0.0312. The van der Waals surface area contributed by atoms with E-state index in [0.717, 1.165) is 22.5 Å². The third-order valence-corrected chi connectivity index (χ3v) is 6.83. The molecule has 1 unspecified atom stereocenters. The molecule has 6 aromatic rings. The van der Waals surface area contributed by atoms with Gasteiger partial charge in [0.1, 0.15) is 0 Å². The number of hydrogen-bond donors (Lipinski definition) is 1. The lowest BCUT2D eigenvalue weighted by molar-refractivity contribution is 0.508. The van der Waals surface area contributed by atoms with Crippen LogP contribution in [0.25, 0.3) is 38.3 Å². The van der Waals surface area contributed by atoms with E-state index in [4.69, 9.17) is 4.99 Å². The highest BCUT2D eigenvalue weighted by Gasteiger charge is 2.23. The number of para-hydroxylation sites is 1. The highest BCUT2D eigenvalue weighted by molar-refractivity contribution is 6.21. The van der Waals surface area contributed by atoms with E-state index in [9.17, 15) is 0 Å². The van der Waals surface area contributed by atoms with E-state index in [-0.39, 0.29) is 6.29 Å². The van der Waals surface area contributed by atoms with Gasteiger partial charge in [0.15, 0.2) is 0 Å². The molecule has 35 heavy (non-hydrogen) atoms. The molecule has 1 N–H and O–H groups in total. The van der Waals surface area contributed by atoms with Crippen LogP contribution in [0.2, 0.25) is 0 Å². The first-order chi connectivity index (χ1) is 17.4. The molecule has 0 amide bonds. The van der Waals surface area contributed by atoms with Gasteiger partial charge in [-0.25, -0.2) is 4.99 Å². The summed E-state index contributed by atoms with van der Waals surface area (Å²) in [4.78, 5) is 5.24. The summed E-state index contributed by atoms with van der Waals surface area (Å²) in [7, 11) is 0. The number of allylic oxidation sites excluding steroid dienone is 1. The minimum Gasteiger partial charge on any atom is -0.346 e. The van der Waals surface area contributed by atoms with Crippen LogP contribution < -0.4 is 5.32 Å². The monoisotopic (exact) mass is 449 g/mol. The summed E-state index contributed by atoms with van der Waals surface area (Å²) < 4.78 is 2.34. The maximum absolute atomic E-state index is 5.24. The van der Waals surface area contributed by atoms with Crippen molar-refractivity contribution in [2.24, 2.45) is 4.99 Å². The van der Waals surface area contributed by atoms with Gasteiger partial charge in [-0.05, 0) is 40.1 Å². The SMILES string of the molecule is C1=C(c2ccccc2)NC(n2c3ccccc3c3c4ccccc4ccc32)N=C1c1ccccc1. The Morgan fingerprint density at radius 1 is 0.571 bits per heavy atom. The Hall–Kier alpha value is -4.63. The van der Waals surface area contributed by atoms with Crippen molar-refractivity contribution in [2.75, 3.05) is 0 Å². The fourth-order valence-corrected chi connectivity index (χ4v) is 5.22. The van der Waals surface area contributed by atoms with Gasteiger partial charge in [0.25, 0.3) is 0 Å². The zero-order valence-corrected chi connectivity index (χ0v) is 19.1. The Morgan fingerprint density at radius 2 is 1.23 bits per heavy atom. The van der Waals surface area contributed by atoms with Gasteiger partial charge < -0.3 is 9.88 Å². The highest BCUT2D eigenvalue weighted by Crippen LogP contribution is 2.37. The van der Waals surface area contributed by atoms with Crippen LogP contribution in [0.1, 0.15) is 17.4 Å². The van der Waals surface area contributed by atoms with Crippen LogP contribution in [0.5, 0.6) is 0 Å². The molecule has 1 aromatic heterocycles. The summed E-state index contributed by atoms with van der Waals surface area (Å²) in [6, 6.07) is 42.6. The van der Waals surface area contributed by atoms with Gasteiger partial charge in [-0.2, -0.15) is 0 Å². The van der Waals surface area contributed by atoms with Crippen molar-refractivity contribution in [3.8, 4) is 0 Å². The first-order valence-electron chi connectivity index (χ1n) is 11.9. The molecular formula is C32H23N3. The van der Waals surface area contributed by atoms with Gasteiger partial charge in [-0.3, -0.25) is 0 Å². The Bertz CT molecular complexity index is 1760. The molecule has 1 atom stereocenters. The summed E-state index contributed by atoms with van der Waals surface area (Å²) in [6.45, 7) is 0. The molecule has 3 nitrogen and oxygen atoms in total. The fourth-order valence-electron chi connectivity index (χ4n) is 5.22. The molecule has 0 saturated carbocycles. The van der Waals surface area contributed by atoms with Gasteiger partial charge in [0, 0.05) is 16.5 Å². The lowest BCUT2D eigenvalue weighted by atomic mass is 10.0. The van der Waals surface area contributed by atoms with Crippen molar-refractivity contribution in [2.45, 2.75) is 6.29 Å².